The topological polar surface area (TPSA) is 98.8 Å². The first kappa shape index (κ1) is 18.7. The second kappa shape index (κ2) is 8.48. The Morgan fingerprint density at radius 2 is 2.20 bits per heavy atom. The number of nitrogen functional groups attached to an aromatic ring is 1. The van der Waals surface area contributed by atoms with Gasteiger partial charge in [-0.3, -0.25) is 4.79 Å². The van der Waals surface area contributed by atoms with E-state index in [0.717, 1.165) is 16.9 Å². The molecule has 0 saturated heterocycles. The lowest BCUT2D eigenvalue weighted by molar-refractivity contribution is 0.0958. The number of methoxy groups -OCH3 is 1. The minimum atomic E-state index is -0.341. The average molecular weight is 362 g/mol. The highest BCUT2D eigenvalue weighted by Crippen LogP contribution is 2.28. The molecule has 0 saturated carbocycles. The van der Waals surface area contributed by atoms with E-state index in [2.05, 4.69) is 29.4 Å². The largest absolute Gasteiger partial charge is 0.493 e. The normalized spacial score (nSPS) is 11.1. The number of nitrogens with one attached hydrogen (secondary N) is 1. The molecule has 25 heavy (non-hydrogen) atoms. The first-order valence-corrected chi connectivity index (χ1v) is 8.59. The van der Waals surface area contributed by atoms with Crippen LogP contribution in [0.25, 0.3) is 0 Å². The summed E-state index contributed by atoms with van der Waals surface area (Å²) in [5.74, 6) is 1.37. The van der Waals surface area contributed by atoms with E-state index in [1.807, 2.05) is 12.1 Å². The summed E-state index contributed by atoms with van der Waals surface area (Å²) in [6.07, 6.45) is 1.53. The number of rotatable bonds is 7. The molecule has 0 atom stereocenters. The summed E-state index contributed by atoms with van der Waals surface area (Å²) >= 11 is 1.13. The molecular formula is C17H22N4O3S. The molecule has 0 spiro atoms. The highest BCUT2D eigenvalue weighted by Gasteiger charge is 2.13. The zero-order valence-corrected chi connectivity index (χ0v) is 15.5. The number of amides is 1. The fourth-order valence-electron chi connectivity index (χ4n) is 1.98. The molecule has 134 valence electrons. The van der Waals surface area contributed by atoms with Crippen LogP contribution in [0.2, 0.25) is 0 Å². The smallest absolute Gasteiger partial charge is 0.283 e. The molecule has 8 heteroatoms. The van der Waals surface area contributed by atoms with Gasteiger partial charge in [-0.1, -0.05) is 25.2 Å². The average Bonchev–Trinajstić information content (AvgIpc) is 2.91. The first-order valence-electron chi connectivity index (χ1n) is 7.77. The maximum absolute atomic E-state index is 12.0. The SMILES string of the molecule is COc1cc(C=NNC(=O)c2sc(N)nc2C)ccc1OCC(C)C. The van der Waals surface area contributed by atoms with Gasteiger partial charge in [0.1, 0.15) is 4.88 Å². The molecule has 1 amide bonds. The molecular weight excluding hydrogens is 340 g/mol. The van der Waals surface area contributed by atoms with E-state index < -0.39 is 0 Å². The number of benzene rings is 1. The molecule has 2 aromatic rings. The Hall–Kier alpha value is -2.61. The summed E-state index contributed by atoms with van der Waals surface area (Å²) in [7, 11) is 1.58. The molecule has 0 bridgehead atoms. The third-order valence-corrected chi connectivity index (χ3v) is 4.14. The standard InChI is InChI=1S/C17H22N4O3S/c1-10(2)9-24-13-6-5-12(7-14(13)23-4)8-19-21-16(22)15-11(3)20-17(18)25-15/h5-8,10H,9H2,1-4H3,(H2,18,20)(H,21,22). The van der Waals surface area contributed by atoms with Crippen LogP contribution in [-0.4, -0.2) is 30.8 Å². The number of carbonyl (C=O) groups excluding carboxylic acids is 1. The van der Waals surface area contributed by atoms with Crippen LogP contribution < -0.4 is 20.6 Å². The summed E-state index contributed by atoms with van der Waals surface area (Å²) in [5.41, 5.74) is 9.42. The van der Waals surface area contributed by atoms with Gasteiger partial charge in [0.2, 0.25) is 0 Å². The summed E-state index contributed by atoms with van der Waals surface area (Å²) < 4.78 is 11.0. The summed E-state index contributed by atoms with van der Waals surface area (Å²) in [5, 5.41) is 4.32. The van der Waals surface area contributed by atoms with Crippen LogP contribution in [0, 0.1) is 12.8 Å². The number of hydrogen-bond donors (Lipinski definition) is 2. The second-order valence-electron chi connectivity index (χ2n) is 5.78. The molecule has 2 rings (SSSR count). The molecule has 0 aliphatic heterocycles. The number of nitrogens with two attached hydrogens (primary N) is 1. The van der Waals surface area contributed by atoms with Crippen molar-refractivity contribution in [2.75, 3.05) is 19.5 Å². The maximum atomic E-state index is 12.0. The van der Waals surface area contributed by atoms with E-state index in [1.165, 1.54) is 6.21 Å². The van der Waals surface area contributed by atoms with E-state index in [1.54, 1.807) is 20.1 Å². The summed E-state index contributed by atoms with van der Waals surface area (Å²) in [6.45, 7) is 6.49. The molecule has 0 aliphatic carbocycles. The van der Waals surface area contributed by atoms with Crippen LogP contribution in [0.5, 0.6) is 11.5 Å². The molecule has 0 radical (unpaired) electrons. The Bertz CT molecular complexity index is 771. The van der Waals surface area contributed by atoms with Crippen molar-refractivity contribution in [1.29, 1.82) is 0 Å². The highest BCUT2D eigenvalue weighted by atomic mass is 32.1. The van der Waals surface area contributed by atoms with Crippen LogP contribution in [-0.2, 0) is 0 Å². The third-order valence-electron chi connectivity index (χ3n) is 3.16. The van der Waals surface area contributed by atoms with E-state index in [9.17, 15) is 4.79 Å². The summed E-state index contributed by atoms with van der Waals surface area (Å²) in [4.78, 5) is 16.5. The van der Waals surface area contributed by atoms with Crippen LogP contribution in [0.4, 0.5) is 5.13 Å². The molecule has 1 aromatic carbocycles. The Morgan fingerprint density at radius 1 is 1.44 bits per heavy atom. The predicted octanol–water partition coefficient (Wildman–Crippen LogP) is 2.84. The van der Waals surface area contributed by atoms with Crippen molar-refractivity contribution in [1.82, 2.24) is 10.4 Å². The number of hydrogen-bond acceptors (Lipinski definition) is 7. The molecule has 3 N–H and O–H groups in total. The lowest BCUT2D eigenvalue weighted by Gasteiger charge is -2.12. The second-order valence-corrected chi connectivity index (χ2v) is 6.81. The number of carbonyl (C=O) groups is 1. The monoisotopic (exact) mass is 362 g/mol. The Morgan fingerprint density at radius 3 is 2.80 bits per heavy atom. The van der Waals surface area contributed by atoms with E-state index in [-0.39, 0.29) is 5.91 Å². The quantitative estimate of drug-likeness (QED) is 0.583. The number of ether oxygens (including phenoxy) is 2. The molecule has 0 unspecified atom stereocenters. The molecule has 7 nitrogen and oxygen atoms in total. The fraction of sp³-hybridized carbons (Fsp3) is 0.353. The van der Waals surface area contributed by atoms with Crippen molar-refractivity contribution >= 4 is 28.6 Å². The third kappa shape index (κ3) is 5.18. The first-order chi connectivity index (χ1) is 11.9. The Balaban J connectivity index is 2.03. The van der Waals surface area contributed by atoms with Gasteiger partial charge in [0.15, 0.2) is 16.6 Å². The number of aryl methyl sites for hydroxylation is 1. The van der Waals surface area contributed by atoms with Gasteiger partial charge in [0.05, 0.1) is 25.6 Å². The van der Waals surface area contributed by atoms with Gasteiger partial charge >= 0.3 is 0 Å². The van der Waals surface area contributed by atoms with Gasteiger partial charge < -0.3 is 15.2 Å². The zero-order valence-electron chi connectivity index (χ0n) is 14.7. The van der Waals surface area contributed by atoms with Crippen molar-refractivity contribution in [2.45, 2.75) is 20.8 Å². The number of thiazole rings is 1. The van der Waals surface area contributed by atoms with Gasteiger partial charge in [-0.2, -0.15) is 5.10 Å². The van der Waals surface area contributed by atoms with Gasteiger partial charge in [0.25, 0.3) is 5.91 Å². The van der Waals surface area contributed by atoms with E-state index in [0.29, 0.717) is 39.7 Å². The van der Waals surface area contributed by atoms with E-state index in [4.69, 9.17) is 15.2 Å². The van der Waals surface area contributed by atoms with Crippen LogP contribution >= 0.6 is 11.3 Å². The van der Waals surface area contributed by atoms with Gasteiger partial charge in [-0.25, -0.2) is 10.4 Å². The highest BCUT2D eigenvalue weighted by molar-refractivity contribution is 7.17. The molecule has 0 fully saturated rings. The van der Waals surface area contributed by atoms with Crippen molar-refractivity contribution in [3.8, 4) is 11.5 Å². The zero-order chi connectivity index (χ0) is 18.4. The van der Waals surface area contributed by atoms with Crippen molar-refractivity contribution in [3.05, 3.63) is 34.3 Å². The number of nitrogens with zero attached hydrogens (tertiary/aromatic N) is 2. The number of aromatic nitrogens is 1. The van der Waals surface area contributed by atoms with Crippen molar-refractivity contribution in [3.63, 3.8) is 0 Å². The van der Waals surface area contributed by atoms with Gasteiger partial charge in [-0.15, -0.1) is 0 Å². The summed E-state index contributed by atoms with van der Waals surface area (Å²) in [6, 6.07) is 5.45. The van der Waals surface area contributed by atoms with Crippen LogP contribution in [0.3, 0.4) is 0 Å². The maximum Gasteiger partial charge on any atom is 0.283 e. The van der Waals surface area contributed by atoms with Crippen molar-refractivity contribution < 1.29 is 14.3 Å². The number of hydrazone groups is 1. The minimum Gasteiger partial charge on any atom is -0.493 e. The molecule has 1 aromatic heterocycles. The fourth-order valence-corrected chi connectivity index (χ4v) is 2.71. The minimum absolute atomic E-state index is 0.341. The lowest BCUT2D eigenvalue weighted by atomic mass is 10.2. The van der Waals surface area contributed by atoms with Crippen LogP contribution in [0.1, 0.15) is 34.8 Å². The predicted molar refractivity (Wildman–Crippen MR) is 99.7 cm³/mol. The molecule has 0 aliphatic rings. The van der Waals surface area contributed by atoms with Crippen molar-refractivity contribution in [2.24, 2.45) is 11.0 Å². The lowest BCUT2D eigenvalue weighted by Crippen LogP contribution is -2.17. The molecule has 1 heterocycles. The van der Waals surface area contributed by atoms with E-state index >= 15 is 0 Å². The van der Waals surface area contributed by atoms with Crippen LogP contribution in [0.15, 0.2) is 23.3 Å². The Labute approximate surface area is 150 Å². The number of anilines is 1. The van der Waals surface area contributed by atoms with Gasteiger partial charge in [-0.05, 0) is 36.6 Å². The Kier molecular flexibility index (Phi) is 6.35. The van der Waals surface area contributed by atoms with Gasteiger partial charge in [0, 0.05) is 0 Å².